The molecule has 5 rings (SSSR count). The van der Waals surface area contributed by atoms with Gasteiger partial charge >= 0.3 is 0 Å². The predicted molar refractivity (Wildman–Crippen MR) is 112 cm³/mol. The highest BCUT2D eigenvalue weighted by atomic mass is 19.1. The third-order valence-electron chi connectivity index (χ3n) is 9.70. The molecule has 1 aromatic rings. The lowest BCUT2D eigenvalue weighted by molar-refractivity contribution is -0.0976. The molecule has 4 aliphatic rings. The van der Waals surface area contributed by atoms with Gasteiger partial charge in [-0.2, -0.15) is 0 Å². The molecular formula is C26H34F2O2. The van der Waals surface area contributed by atoms with Crippen LogP contribution in [-0.4, -0.2) is 16.5 Å². The SMILES string of the molecule is C[C@@]1(O)CC[C@H]2[C@@H](CC[C@@H]3[C@@H]2CC[C@]2(C)[C@@H](C(=O)c4cc(F)cc(F)c4)CC[C@@H]32)C1. The molecule has 0 spiro atoms. The van der Waals surface area contributed by atoms with E-state index in [1.165, 1.54) is 25.0 Å². The van der Waals surface area contributed by atoms with Crippen molar-refractivity contribution in [2.45, 2.75) is 77.2 Å². The lowest BCUT2D eigenvalue weighted by atomic mass is 9.49. The van der Waals surface area contributed by atoms with E-state index in [2.05, 4.69) is 6.92 Å². The normalized spacial score (nSPS) is 45.4. The Labute approximate surface area is 178 Å². The molecule has 4 aliphatic carbocycles. The van der Waals surface area contributed by atoms with Crippen LogP contribution in [0.3, 0.4) is 0 Å². The van der Waals surface area contributed by atoms with Crippen LogP contribution in [0.25, 0.3) is 0 Å². The van der Waals surface area contributed by atoms with Crippen LogP contribution in [-0.2, 0) is 0 Å². The molecule has 0 aromatic heterocycles. The Balaban J connectivity index is 1.37. The third kappa shape index (κ3) is 3.25. The van der Waals surface area contributed by atoms with E-state index in [1.807, 2.05) is 6.92 Å². The van der Waals surface area contributed by atoms with Crippen molar-refractivity contribution in [1.29, 1.82) is 0 Å². The molecule has 1 N–H and O–H groups in total. The van der Waals surface area contributed by atoms with Gasteiger partial charge in [0.1, 0.15) is 11.6 Å². The van der Waals surface area contributed by atoms with Gasteiger partial charge in [-0.3, -0.25) is 4.79 Å². The first-order chi connectivity index (χ1) is 14.2. The second-order valence-electron chi connectivity index (χ2n) is 11.4. The summed E-state index contributed by atoms with van der Waals surface area (Å²) in [5.74, 6) is 1.74. The second-order valence-corrected chi connectivity index (χ2v) is 11.4. The summed E-state index contributed by atoms with van der Waals surface area (Å²) in [4.78, 5) is 13.3. The van der Waals surface area contributed by atoms with Gasteiger partial charge < -0.3 is 5.11 Å². The Morgan fingerprint density at radius 1 is 0.900 bits per heavy atom. The topological polar surface area (TPSA) is 37.3 Å². The van der Waals surface area contributed by atoms with E-state index < -0.39 is 17.2 Å². The summed E-state index contributed by atoms with van der Waals surface area (Å²) in [6.45, 7) is 4.27. The quantitative estimate of drug-likeness (QED) is 0.586. The first-order valence-corrected chi connectivity index (χ1v) is 11.9. The minimum Gasteiger partial charge on any atom is -0.390 e. The van der Waals surface area contributed by atoms with Crippen LogP contribution in [0, 0.1) is 52.6 Å². The first-order valence-electron chi connectivity index (χ1n) is 11.9. The maximum Gasteiger partial charge on any atom is 0.166 e. The molecule has 0 saturated heterocycles. The Morgan fingerprint density at radius 2 is 1.60 bits per heavy atom. The smallest absolute Gasteiger partial charge is 0.166 e. The van der Waals surface area contributed by atoms with Crippen molar-refractivity contribution in [2.24, 2.45) is 40.9 Å². The third-order valence-corrected chi connectivity index (χ3v) is 9.70. The number of carbonyl (C=O) groups excluding carboxylic acids is 1. The number of benzene rings is 1. The van der Waals surface area contributed by atoms with Gasteiger partial charge in [-0.05, 0) is 112 Å². The van der Waals surface area contributed by atoms with Gasteiger partial charge in [0.05, 0.1) is 5.60 Å². The number of fused-ring (bicyclic) bond motifs is 5. The van der Waals surface area contributed by atoms with Crippen LogP contribution >= 0.6 is 0 Å². The van der Waals surface area contributed by atoms with Gasteiger partial charge in [-0.15, -0.1) is 0 Å². The van der Waals surface area contributed by atoms with E-state index in [0.29, 0.717) is 17.8 Å². The number of carbonyl (C=O) groups is 1. The molecule has 0 radical (unpaired) electrons. The summed E-state index contributed by atoms with van der Waals surface area (Å²) < 4.78 is 27.5. The maximum atomic E-state index is 13.7. The highest BCUT2D eigenvalue weighted by Gasteiger charge is 2.58. The van der Waals surface area contributed by atoms with Crippen molar-refractivity contribution in [3.63, 3.8) is 0 Å². The van der Waals surface area contributed by atoms with E-state index in [4.69, 9.17) is 0 Å². The van der Waals surface area contributed by atoms with Crippen molar-refractivity contribution in [3.05, 3.63) is 35.4 Å². The molecule has 0 unspecified atom stereocenters. The van der Waals surface area contributed by atoms with Gasteiger partial charge in [0.25, 0.3) is 0 Å². The van der Waals surface area contributed by atoms with Crippen molar-refractivity contribution in [2.75, 3.05) is 0 Å². The number of aliphatic hydroxyl groups is 1. The van der Waals surface area contributed by atoms with Gasteiger partial charge in [-0.1, -0.05) is 6.92 Å². The van der Waals surface area contributed by atoms with Crippen LogP contribution in [0.2, 0.25) is 0 Å². The van der Waals surface area contributed by atoms with Crippen molar-refractivity contribution >= 4 is 5.78 Å². The zero-order valence-corrected chi connectivity index (χ0v) is 18.2. The molecule has 0 amide bonds. The van der Waals surface area contributed by atoms with Crippen LogP contribution < -0.4 is 0 Å². The molecule has 1 aromatic carbocycles. The summed E-state index contributed by atoms with van der Waals surface area (Å²) in [6.07, 6.45) is 9.47. The molecule has 0 aliphatic heterocycles. The second kappa shape index (κ2) is 7.12. The van der Waals surface area contributed by atoms with E-state index in [9.17, 15) is 18.7 Å². The number of ketones is 1. The monoisotopic (exact) mass is 416 g/mol. The van der Waals surface area contributed by atoms with Crippen LogP contribution in [0.15, 0.2) is 18.2 Å². The molecule has 4 fully saturated rings. The molecule has 4 heteroatoms. The lowest BCUT2D eigenvalue weighted by Gasteiger charge is -2.56. The van der Waals surface area contributed by atoms with Crippen molar-refractivity contribution in [3.8, 4) is 0 Å². The predicted octanol–water partition coefficient (Wildman–Crippen LogP) is 6.17. The molecule has 2 nitrogen and oxygen atoms in total. The minimum absolute atomic E-state index is 0.0615. The summed E-state index contributed by atoms with van der Waals surface area (Å²) >= 11 is 0. The largest absolute Gasteiger partial charge is 0.390 e. The number of Topliss-reactive ketones (excluding diaryl/α,β-unsaturated/α-hetero) is 1. The molecule has 164 valence electrons. The highest BCUT2D eigenvalue weighted by Crippen LogP contribution is 2.65. The Hall–Kier alpha value is -1.29. The van der Waals surface area contributed by atoms with Crippen molar-refractivity contribution in [1.82, 2.24) is 0 Å². The van der Waals surface area contributed by atoms with Crippen LogP contribution in [0.1, 0.15) is 82.0 Å². The van der Waals surface area contributed by atoms with Gasteiger partial charge in [-0.25, -0.2) is 8.78 Å². The Bertz CT molecular complexity index is 829. The van der Waals surface area contributed by atoms with E-state index in [-0.39, 0.29) is 22.7 Å². The maximum absolute atomic E-state index is 13.7. The van der Waals surface area contributed by atoms with Crippen LogP contribution in [0.5, 0.6) is 0 Å². The molecular weight excluding hydrogens is 382 g/mol. The fourth-order valence-electron chi connectivity index (χ4n) is 8.41. The zero-order chi connectivity index (χ0) is 21.3. The average molecular weight is 417 g/mol. The summed E-state index contributed by atoms with van der Waals surface area (Å²) in [6, 6.07) is 3.24. The minimum atomic E-state index is -0.673. The van der Waals surface area contributed by atoms with Gasteiger partial charge in [0.15, 0.2) is 5.78 Å². The highest BCUT2D eigenvalue weighted by molar-refractivity contribution is 5.98. The van der Waals surface area contributed by atoms with E-state index >= 15 is 0 Å². The fraction of sp³-hybridized carbons (Fsp3) is 0.731. The van der Waals surface area contributed by atoms with Gasteiger partial charge in [0.2, 0.25) is 0 Å². The number of hydrogen-bond donors (Lipinski definition) is 1. The van der Waals surface area contributed by atoms with Gasteiger partial charge in [0, 0.05) is 17.5 Å². The Kier molecular flexibility index (Phi) is 4.89. The summed E-state index contributed by atoms with van der Waals surface area (Å²) in [5.41, 5.74) is -0.365. The molecule has 8 atom stereocenters. The summed E-state index contributed by atoms with van der Waals surface area (Å²) in [5, 5.41) is 10.6. The van der Waals surface area contributed by atoms with Crippen LogP contribution in [0.4, 0.5) is 8.78 Å². The number of hydrogen-bond acceptors (Lipinski definition) is 2. The summed E-state index contributed by atoms with van der Waals surface area (Å²) in [7, 11) is 0. The number of halogens is 2. The average Bonchev–Trinajstić information content (AvgIpc) is 3.02. The first kappa shape index (κ1) is 20.6. The van der Waals surface area contributed by atoms with E-state index in [0.717, 1.165) is 62.8 Å². The number of rotatable bonds is 2. The Morgan fingerprint density at radius 3 is 2.33 bits per heavy atom. The molecule has 30 heavy (non-hydrogen) atoms. The lowest BCUT2D eigenvalue weighted by Crippen LogP contribution is -2.51. The van der Waals surface area contributed by atoms with E-state index in [1.54, 1.807) is 0 Å². The zero-order valence-electron chi connectivity index (χ0n) is 18.2. The molecule has 0 heterocycles. The standard InChI is InChI=1S/C26H34F2O2/c1-25(30)9-7-19-15(14-25)3-4-21-20(19)8-10-26(2)22(21)5-6-23(26)24(29)16-11-17(27)13-18(28)12-16/h11-13,15,19-23,30H,3-10,14H2,1-2H3/t15-,19-,20+,21+,22-,23+,25+,26-/m0/s1. The molecule has 0 bridgehead atoms. The van der Waals surface area contributed by atoms with Crippen molar-refractivity contribution < 1.29 is 18.7 Å². The molecule has 4 saturated carbocycles. The fourth-order valence-corrected chi connectivity index (χ4v) is 8.41.